The zero-order valence-electron chi connectivity index (χ0n) is 8.63. The fourth-order valence-electron chi connectivity index (χ4n) is 1.49. The fourth-order valence-corrected chi connectivity index (χ4v) is 1.49. The molecular weight excluding hydrogens is 202 g/mol. The van der Waals surface area contributed by atoms with Gasteiger partial charge in [0.15, 0.2) is 0 Å². The Morgan fingerprint density at radius 3 is 2.50 bits per heavy atom. The van der Waals surface area contributed by atoms with E-state index in [0.717, 1.165) is 5.56 Å². The molecular formula is C12H11N3O. The molecule has 0 radical (unpaired) electrons. The molecule has 0 saturated heterocycles. The van der Waals surface area contributed by atoms with Crippen LogP contribution in [0.5, 0.6) is 0 Å². The molecule has 2 aromatic rings. The van der Waals surface area contributed by atoms with Gasteiger partial charge in [0.05, 0.1) is 5.69 Å². The lowest BCUT2D eigenvalue weighted by Gasteiger charge is -2.04. The second-order valence-corrected chi connectivity index (χ2v) is 3.38. The minimum absolute atomic E-state index is 0.242. The number of hydrogen-bond donors (Lipinski definition) is 1. The summed E-state index contributed by atoms with van der Waals surface area (Å²) in [5, 5.41) is 0. The van der Waals surface area contributed by atoms with Gasteiger partial charge in [-0.25, -0.2) is 4.98 Å². The number of rotatable bonds is 3. The van der Waals surface area contributed by atoms with Crippen molar-refractivity contribution in [2.24, 2.45) is 5.73 Å². The summed E-state index contributed by atoms with van der Waals surface area (Å²) < 4.78 is 0. The molecule has 0 spiro atoms. The van der Waals surface area contributed by atoms with Crippen molar-refractivity contribution < 1.29 is 4.79 Å². The molecule has 16 heavy (non-hydrogen) atoms. The Kier molecular flexibility index (Phi) is 2.91. The number of nitrogens with two attached hydrogens (primary N) is 1. The third kappa shape index (κ3) is 2.23. The van der Waals surface area contributed by atoms with Gasteiger partial charge in [-0.05, 0) is 5.56 Å². The van der Waals surface area contributed by atoms with Crippen LogP contribution in [-0.2, 0) is 6.42 Å². The van der Waals surface area contributed by atoms with Gasteiger partial charge in [0.1, 0.15) is 5.69 Å². The van der Waals surface area contributed by atoms with E-state index in [4.69, 9.17) is 5.73 Å². The van der Waals surface area contributed by atoms with E-state index >= 15 is 0 Å². The number of primary amides is 1. The van der Waals surface area contributed by atoms with E-state index in [1.54, 1.807) is 6.20 Å². The van der Waals surface area contributed by atoms with Crippen LogP contribution in [-0.4, -0.2) is 15.9 Å². The highest BCUT2D eigenvalue weighted by molar-refractivity contribution is 5.91. The number of aromatic nitrogens is 2. The Morgan fingerprint density at radius 1 is 1.12 bits per heavy atom. The Hall–Kier alpha value is -2.23. The molecule has 1 aromatic heterocycles. The molecule has 0 fully saturated rings. The van der Waals surface area contributed by atoms with E-state index in [9.17, 15) is 4.79 Å². The standard InChI is InChI=1S/C12H11N3O/c13-12(16)11-10(14-6-7-15-11)8-9-4-2-1-3-5-9/h1-7H,8H2,(H2,13,16). The first-order chi connectivity index (χ1) is 7.77. The lowest BCUT2D eigenvalue weighted by Crippen LogP contribution is -2.17. The van der Waals surface area contributed by atoms with E-state index < -0.39 is 5.91 Å². The molecule has 0 aliphatic heterocycles. The average Bonchev–Trinajstić information content (AvgIpc) is 2.31. The van der Waals surface area contributed by atoms with E-state index in [1.807, 2.05) is 30.3 Å². The largest absolute Gasteiger partial charge is 0.364 e. The van der Waals surface area contributed by atoms with Crippen molar-refractivity contribution in [2.75, 3.05) is 0 Å². The van der Waals surface area contributed by atoms with Crippen molar-refractivity contribution >= 4 is 5.91 Å². The molecule has 4 nitrogen and oxygen atoms in total. The molecule has 1 amide bonds. The van der Waals surface area contributed by atoms with Gasteiger partial charge in [0.25, 0.3) is 5.91 Å². The Bertz CT molecular complexity index is 497. The van der Waals surface area contributed by atoms with Gasteiger partial charge in [-0.1, -0.05) is 30.3 Å². The summed E-state index contributed by atoms with van der Waals surface area (Å²) in [4.78, 5) is 19.2. The van der Waals surface area contributed by atoms with E-state index in [1.165, 1.54) is 6.20 Å². The maximum absolute atomic E-state index is 11.1. The summed E-state index contributed by atoms with van der Waals surface area (Å²) in [5.74, 6) is -0.543. The molecule has 0 saturated carbocycles. The first-order valence-electron chi connectivity index (χ1n) is 4.91. The van der Waals surface area contributed by atoms with Gasteiger partial charge in [-0.3, -0.25) is 9.78 Å². The SMILES string of the molecule is NC(=O)c1nccnc1Cc1ccccc1. The molecule has 4 heteroatoms. The van der Waals surface area contributed by atoms with Crippen molar-refractivity contribution in [3.8, 4) is 0 Å². The van der Waals surface area contributed by atoms with E-state index in [2.05, 4.69) is 9.97 Å². The lowest BCUT2D eigenvalue weighted by atomic mass is 10.1. The van der Waals surface area contributed by atoms with Crippen LogP contribution < -0.4 is 5.73 Å². The number of carbonyl (C=O) groups is 1. The average molecular weight is 213 g/mol. The predicted octanol–water partition coefficient (Wildman–Crippen LogP) is 1.17. The molecule has 0 atom stereocenters. The fraction of sp³-hybridized carbons (Fsp3) is 0.0833. The van der Waals surface area contributed by atoms with Crippen LogP contribution in [0, 0.1) is 0 Å². The topological polar surface area (TPSA) is 68.9 Å². The monoisotopic (exact) mass is 213 g/mol. The van der Waals surface area contributed by atoms with Crippen molar-refractivity contribution in [3.63, 3.8) is 0 Å². The summed E-state index contributed by atoms with van der Waals surface area (Å²) in [6.45, 7) is 0. The maximum atomic E-state index is 11.1. The second kappa shape index (κ2) is 4.53. The summed E-state index contributed by atoms with van der Waals surface area (Å²) in [7, 11) is 0. The van der Waals surface area contributed by atoms with Gasteiger partial charge in [0.2, 0.25) is 0 Å². The van der Waals surface area contributed by atoms with Gasteiger partial charge in [-0.15, -0.1) is 0 Å². The number of nitrogens with zero attached hydrogens (tertiary/aromatic N) is 2. The van der Waals surface area contributed by atoms with E-state index in [0.29, 0.717) is 12.1 Å². The van der Waals surface area contributed by atoms with Crippen LogP contribution in [0.2, 0.25) is 0 Å². The first-order valence-corrected chi connectivity index (χ1v) is 4.91. The zero-order valence-corrected chi connectivity index (χ0v) is 8.63. The van der Waals surface area contributed by atoms with Gasteiger partial charge in [-0.2, -0.15) is 0 Å². The van der Waals surface area contributed by atoms with Crippen LogP contribution in [0.25, 0.3) is 0 Å². The van der Waals surface area contributed by atoms with Gasteiger partial charge < -0.3 is 5.73 Å². The van der Waals surface area contributed by atoms with Crippen LogP contribution >= 0.6 is 0 Å². The summed E-state index contributed by atoms with van der Waals surface area (Å²) in [5.41, 5.74) is 7.16. The normalized spacial score (nSPS) is 10.0. The first kappa shape index (κ1) is 10.3. The molecule has 80 valence electrons. The molecule has 2 N–H and O–H groups in total. The highest BCUT2D eigenvalue weighted by atomic mass is 16.1. The lowest BCUT2D eigenvalue weighted by molar-refractivity contribution is 0.0994. The smallest absolute Gasteiger partial charge is 0.269 e. The quantitative estimate of drug-likeness (QED) is 0.832. The maximum Gasteiger partial charge on any atom is 0.269 e. The molecule has 0 bridgehead atoms. The third-order valence-corrected chi connectivity index (χ3v) is 2.22. The molecule has 0 aliphatic rings. The van der Waals surface area contributed by atoms with Crippen molar-refractivity contribution in [1.29, 1.82) is 0 Å². The second-order valence-electron chi connectivity index (χ2n) is 3.38. The summed E-state index contributed by atoms with van der Waals surface area (Å²) in [6.07, 6.45) is 3.59. The van der Waals surface area contributed by atoms with Crippen molar-refractivity contribution in [2.45, 2.75) is 6.42 Å². The van der Waals surface area contributed by atoms with Crippen LogP contribution in [0.1, 0.15) is 21.7 Å². The van der Waals surface area contributed by atoms with Crippen molar-refractivity contribution in [3.05, 3.63) is 59.7 Å². The minimum Gasteiger partial charge on any atom is -0.364 e. The number of hydrogen-bond acceptors (Lipinski definition) is 3. The Morgan fingerprint density at radius 2 is 1.81 bits per heavy atom. The number of amides is 1. The van der Waals surface area contributed by atoms with Gasteiger partial charge >= 0.3 is 0 Å². The number of benzene rings is 1. The minimum atomic E-state index is -0.543. The number of carbonyl (C=O) groups excluding carboxylic acids is 1. The Balaban J connectivity index is 2.31. The molecule has 0 unspecified atom stereocenters. The van der Waals surface area contributed by atoms with Crippen LogP contribution in [0.3, 0.4) is 0 Å². The third-order valence-electron chi connectivity index (χ3n) is 2.22. The Labute approximate surface area is 93.2 Å². The molecule has 1 heterocycles. The summed E-state index contributed by atoms with van der Waals surface area (Å²) >= 11 is 0. The molecule has 0 aliphatic carbocycles. The van der Waals surface area contributed by atoms with Crippen LogP contribution in [0.15, 0.2) is 42.7 Å². The predicted molar refractivity (Wildman–Crippen MR) is 59.8 cm³/mol. The highest BCUT2D eigenvalue weighted by Gasteiger charge is 2.10. The van der Waals surface area contributed by atoms with E-state index in [-0.39, 0.29) is 5.69 Å². The molecule has 2 rings (SSSR count). The molecule has 1 aromatic carbocycles. The van der Waals surface area contributed by atoms with Crippen molar-refractivity contribution in [1.82, 2.24) is 9.97 Å². The van der Waals surface area contributed by atoms with Crippen LogP contribution in [0.4, 0.5) is 0 Å². The summed E-state index contributed by atoms with van der Waals surface area (Å²) in [6, 6.07) is 9.76. The van der Waals surface area contributed by atoms with Gasteiger partial charge in [0, 0.05) is 18.8 Å². The zero-order chi connectivity index (χ0) is 11.4. The highest BCUT2D eigenvalue weighted by Crippen LogP contribution is 2.09.